The molecule has 1 heterocycles. The van der Waals surface area contributed by atoms with E-state index in [2.05, 4.69) is 5.32 Å². The number of nitrogens with one attached hydrogen (secondary N) is 1. The summed E-state index contributed by atoms with van der Waals surface area (Å²) in [7, 11) is -3.30. The predicted octanol–water partition coefficient (Wildman–Crippen LogP) is 1.16. The smallest absolute Gasteiger partial charge is 0.186 e. The van der Waals surface area contributed by atoms with E-state index in [1.165, 1.54) is 0 Å². The monoisotopic (exact) mass is 254 g/mol. The van der Waals surface area contributed by atoms with Crippen LogP contribution in [-0.4, -0.2) is 26.3 Å². The Kier molecular flexibility index (Phi) is 3.14. The van der Waals surface area contributed by atoms with Crippen molar-refractivity contribution in [3.05, 3.63) is 23.8 Å². The highest BCUT2D eigenvalue weighted by Gasteiger charge is 2.37. The van der Waals surface area contributed by atoms with Gasteiger partial charge in [-0.25, -0.2) is 8.42 Å². The van der Waals surface area contributed by atoms with Crippen LogP contribution in [0.5, 0.6) is 0 Å². The van der Waals surface area contributed by atoms with Crippen molar-refractivity contribution in [2.45, 2.75) is 36.5 Å². The molecule has 0 fully saturated rings. The summed E-state index contributed by atoms with van der Waals surface area (Å²) in [6, 6.07) is 5.41. The van der Waals surface area contributed by atoms with Crippen molar-refractivity contribution in [2.75, 3.05) is 11.9 Å². The molecule has 0 spiro atoms. The Morgan fingerprint density at radius 3 is 2.71 bits per heavy atom. The molecular weight excluding hydrogens is 236 g/mol. The maximum atomic E-state index is 12.4. The summed E-state index contributed by atoms with van der Waals surface area (Å²) < 4.78 is 24.8. The largest absolute Gasteiger partial charge is 0.380 e. The number of hydrogen-bond acceptors (Lipinski definition) is 4. The molecule has 0 aromatic heterocycles. The zero-order valence-corrected chi connectivity index (χ0v) is 10.9. The van der Waals surface area contributed by atoms with Crippen LogP contribution in [0, 0.1) is 0 Å². The highest BCUT2D eigenvalue weighted by atomic mass is 32.2. The fourth-order valence-corrected chi connectivity index (χ4v) is 4.18. The third-order valence-corrected chi connectivity index (χ3v) is 5.68. The second-order valence-corrected chi connectivity index (χ2v) is 6.57. The van der Waals surface area contributed by atoms with Crippen molar-refractivity contribution in [2.24, 2.45) is 5.73 Å². The van der Waals surface area contributed by atoms with E-state index in [9.17, 15) is 8.42 Å². The van der Waals surface area contributed by atoms with E-state index >= 15 is 0 Å². The van der Waals surface area contributed by atoms with Crippen molar-refractivity contribution in [1.29, 1.82) is 0 Å². The molecule has 0 bridgehead atoms. The Bertz CT molecular complexity index is 525. The van der Waals surface area contributed by atoms with Gasteiger partial charge in [0.05, 0.1) is 15.8 Å². The van der Waals surface area contributed by atoms with Gasteiger partial charge in [-0.3, -0.25) is 0 Å². The topological polar surface area (TPSA) is 72.2 Å². The first-order chi connectivity index (χ1) is 8.00. The Morgan fingerprint density at radius 1 is 1.41 bits per heavy atom. The van der Waals surface area contributed by atoms with Gasteiger partial charge in [0.25, 0.3) is 0 Å². The fraction of sp³-hybridized carbons (Fsp3) is 0.500. The summed E-state index contributed by atoms with van der Waals surface area (Å²) in [5, 5.41) is 2.67. The zero-order valence-electron chi connectivity index (χ0n) is 10.1. The summed E-state index contributed by atoms with van der Waals surface area (Å²) >= 11 is 0. The number of aryl methyl sites for hydroxylation is 1. The van der Waals surface area contributed by atoms with Gasteiger partial charge in [0.2, 0.25) is 0 Å². The summed E-state index contributed by atoms with van der Waals surface area (Å²) in [5.74, 6) is 0. The zero-order chi connectivity index (χ0) is 12.6. The molecule has 0 radical (unpaired) electrons. The van der Waals surface area contributed by atoms with Crippen molar-refractivity contribution in [3.8, 4) is 0 Å². The third kappa shape index (κ3) is 1.93. The normalized spacial score (nSPS) is 26.1. The maximum absolute atomic E-state index is 12.4. The van der Waals surface area contributed by atoms with Crippen LogP contribution in [0.3, 0.4) is 0 Å². The van der Waals surface area contributed by atoms with Gasteiger partial charge >= 0.3 is 0 Å². The van der Waals surface area contributed by atoms with Crippen molar-refractivity contribution < 1.29 is 8.42 Å². The van der Waals surface area contributed by atoms with Crippen molar-refractivity contribution in [3.63, 3.8) is 0 Å². The minimum Gasteiger partial charge on any atom is -0.380 e. The molecule has 1 aliphatic rings. The van der Waals surface area contributed by atoms with E-state index in [-0.39, 0.29) is 12.6 Å². The van der Waals surface area contributed by atoms with Crippen molar-refractivity contribution >= 4 is 15.5 Å². The van der Waals surface area contributed by atoms with Gasteiger partial charge in [0.1, 0.15) is 0 Å². The number of nitrogens with two attached hydrogens (primary N) is 1. The minimum atomic E-state index is -3.30. The summed E-state index contributed by atoms with van der Waals surface area (Å²) in [4.78, 5) is 0.394. The van der Waals surface area contributed by atoms with Gasteiger partial charge in [0.15, 0.2) is 9.84 Å². The molecular formula is C12H18N2O2S. The van der Waals surface area contributed by atoms with Crippen LogP contribution >= 0.6 is 0 Å². The van der Waals surface area contributed by atoms with Crippen LogP contribution < -0.4 is 11.1 Å². The van der Waals surface area contributed by atoms with Crippen LogP contribution in [0.25, 0.3) is 0 Å². The van der Waals surface area contributed by atoms with E-state index in [0.717, 1.165) is 12.0 Å². The molecule has 3 N–H and O–H groups in total. The fourth-order valence-electron chi connectivity index (χ4n) is 2.24. The molecule has 5 heteroatoms. The second kappa shape index (κ2) is 4.31. The predicted molar refractivity (Wildman–Crippen MR) is 68.9 cm³/mol. The van der Waals surface area contributed by atoms with E-state index in [4.69, 9.17) is 5.73 Å². The van der Waals surface area contributed by atoms with Gasteiger partial charge in [-0.15, -0.1) is 0 Å². The Labute approximate surface area is 102 Å². The molecule has 2 unspecified atom stereocenters. The lowest BCUT2D eigenvalue weighted by atomic mass is 10.1. The van der Waals surface area contributed by atoms with Gasteiger partial charge in [-0.05, 0) is 31.0 Å². The number of sulfone groups is 1. The molecule has 2 atom stereocenters. The van der Waals surface area contributed by atoms with E-state index in [1.807, 2.05) is 26.0 Å². The molecule has 94 valence electrons. The number of rotatable bonds is 2. The van der Waals surface area contributed by atoms with Gasteiger partial charge in [0, 0.05) is 12.6 Å². The molecule has 17 heavy (non-hydrogen) atoms. The van der Waals surface area contributed by atoms with E-state index < -0.39 is 15.1 Å². The van der Waals surface area contributed by atoms with Crippen LogP contribution in [0.15, 0.2) is 23.1 Å². The Morgan fingerprint density at radius 2 is 2.12 bits per heavy atom. The third-order valence-electron chi connectivity index (χ3n) is 3.33. The molecule has 1 aromatic rings. The van der Waals surface area contributed by atoms with Gasteiger partial charge in [-0.1, -0.05) is 13.0 Å². The van der Waals surface area contributed by atoms with E-state index in [1.54, 1.807) is 6.07 Å². The summed E-state index contributed by atoms with van der Waals surface area (Å²) in [6.45, 7) is 4.01. The summed E-state index contributed by atoms with van der Waals surface area (Å²) in [6.07, 6.45) is 0.825. The number of anilines is 1. The maximum Gasteiger partial charge on any atom is 0.186 e. The second-order valence-electron chi connectivity index (χ2n) is 4.44. The Hall–Kier alpha value is -1.07. The molecule has 4 nitrogen and oxygen atoms in total. The average Bonchev–Trinajstić information content (AvgIpc) is 2.28. The molecule has 1 aliphatic heterocycles. The Balaban J connectivity index is 2.60. The molecule has 1 aromatic carbocycles. The standard InChI is InChI=1S/C12H18N2O2S/c1-3-9-4-5-10-11(6-9)17(15,16)12(7-13)8(2)14-10/h4-6,8,12,14H,3,7,13H2,1-2H3. The van der Waals surface area contributed by atoms with Crippen LogP contribution in [0.4, 0.5) is 5.69 Å². The first-order valence-corrected chi connectivity index (χ1v) is 7.38. The highest BCUT2D eigenvalue weighted by molar-refractivity contribution is 7.92. The first kappa shape index (κ1) is 12.4. The molecule has 0 aliphatic carbocycles. The highest BCUT2D eigenvalue weighted by Crippen LogP contribution is 2.33. The van der Waals surface area contributed by atoms with Gasteiger partial charge in [-0.2, -0.15) is 0 Å². The van der Waals surface area contributed by atoms with Gasteiger partial charge < -0.3 is 11.1 Å². The molecule has 2 rings (SSSR count). The summed E-state index contributed by atoms with van der Waals surface area (Å²) in [5.41, 5.74) is 7.30. The number of benzene rings is 1. The molecule has 0 amide bonds. The van der Waals surface area contributed by atoms with Crippen molar-refractivity contribution in [1.82, 2.24) is 0 Å². The van der Waals surface area contributed by atoms with Crippen LogP contribution in [0.2, 0.25) is 0 Å². The van der Waals surface area contributed by atoms with Crippen LogP contribution in [0.1, 0.15) is 19.4 Å². The van der Waals surface area contributed by atoms with E-state index in [0.29, 0.717) is 10.6 Å². The molecule has 0 saturated heterocycles. The lowest BCUT2D eigenvalue weighted by Crippen LogP contribution is -2.46. The lowest BCUT2D eigenvalue weighted by molar-refractivity contribution is 0.560. The first-order valence-electron chi connectivity index (χ1n) is 5.84. The molecule has 0 saturated carbocycles. The van der Waals surface area contributed by atoms with Crippen LogP contribution in [-0.2, 0) is 16.3 Å². The quantitative estimate of drug-likeness (QED) is 0.831. The number of fused-ring (bicyclic) bond motifs is 1. The SMILES string of the molecule is CCc1ccc2c(c1)S(=O)(=O)C(CN)C(C)N2. The number of hydrogen-bond donors (Lipinski definition) is 2. The average molecular weight is 254 g/mol. The lowest BCUT2D eigenvalue weighted by Gasteiger charge is -2.31. The minimum absolute atomic E-state index is 0.145.